The summed E-state index contributed by atoms with van der Waals surface area (Å²) in [5.41, 5.74) is -2.16. The second kappa shape index (κ2) is 7.32. The van der Waals surface area contributed by atoms with Gasteiger partial charge in [0, 0.05) is 17.9 Å². The van der Waals surface area contributed by atoms with Gasteiger partial charge in [0.15, 0.2) is 5.60 Å². The molecule has 1 heterocycles. The predicted molar refractivity (Wildman–Crippen MR) is 93.8 cm³/mol. The van der Waals surface area contributed by atoms with Crippen LogP contribution in [0.5, 0.6) is 0 Å². The summed E-state index contributed by atoms with van der Waals surface area (Å²) < 4.78 is 40.3. The number of halogens is 3. The van der Waals surface area contributed by atoms with Gasteiger partial charge in [-0.15, -0.1) is 11.8 Å². The lowest BCUT2D eigenvalue weighted by Crippen LogP contribution is -2.45. The van der Waals surface area contributed by atoms with Crippen molar-refractivity contribution < 1.29 is 23.1 Å². The first-order valence-electron chi connectivity index (χ1n) is 8.18. The highest BCUT2D eigenvalue weighted by Crippen LogP contribution is 2.41. The molecule has 3 nitrogen and oxygen atoms in total. The van der Waals surface area contributed by atoms with E-state index in [0.29, 0.717) is 6.42 Å². The number of rotatable bonds is 5. The smallest absolute Gasteiger partial charge is 0.376 e. The van der Waals surface area contributed by atoms with Crippen molar-refractivity contribution in [2.75, 3.05) is 6.54 Å². The van der Waals surface area contributed by atoms with Crippen molar-refractivity contribution in [3.8, 4) is 0 Å². The Balaban J connectivity index is 1.62. The maximum Gasteiger partial charge on any atom is 0.421 e. The van der Waals surface area contributed by atoms with E-state index < -0.39 is 18.2 Å². The first-order valence-corrected chi connectivity index (χ1v) is 9.06. The summed E-state index contributed by atoms with van der Waals surface area (Å²) in [7, 11) is 0. The summed E-state index contributed by atoms with van der Waals surface area (Å²) in [5.74, 6) is -0.316. The van der Waals surface area contributed by atoms with Crippen molar-refractivity contribution in [3.05, 3.63) is 65.7 Å². The molecule has 0 spiro atoms. The van der Waals surface area contributed by atoms with Crippen LogP contribution >= 0.6 is 11.8 Å². The molecule has 0 aliphatic carbocycles. The molecule has 26 heavy (non-hydrogen) atoms. The van der Waals surface area contributed by atoms with Gasteiger partial charge in [0.2, 0.25) is 5.91 Å². The molecule has 2 atom stereocenters. The molecule has 2 aromatic carbocycles. The van der Waals surface area contributed by atoms with Crippen molar-refractivity contribution in [1.82, 2.24) is 5.32 Å². The first-order chi connectivity index (χ1) is 12.3. The maximum absolute atomic E-state index is 13.4. The van der Waals surface area contributed by atoms with Crippen LogP contribution in [0.4, 0.5) is 13.2 Å². The minimum absolute atomic E-state index is 0.232. The van der Waals surface area contributed by atoms with Gasteiger partial charge in [-0.3, -0.25) is 4.79 Å². The fourth-order valence-corrected chi connectivity index (χ4v) is 4.19. The van der Waals surface area contributed by atoms with E-state index in [9.17, 15) is 23.1 Å². The number of hydrogen-bond donors (Lipinski definition) is 2. The van der Waals surface area contributed by atoms with Gasteiger partial charge in [-0.05, 0) is 23.6 Å². The van der Waals surface area contributed by atoms with Crippen LogP contribution in [-0.2, 0) is 16.8 Å². The van der Waals surface area contributed by atoms with Crippen LogP contribution in [0.25, 0.3) is 0 Å². The van der Waals surface area contributed by atoms with Crippen molar-refractivity contribution >= 4 is 17.7 Å². The standard InChI is InChI=1S/C19H18F3NO2S/c20-19(21,22)18(25,14-7-2-1-3-8-14)10-11-23-17(24)16-12-13-6-4-5-9-15(13)26-16/h1-9,16,25H,10-12H2,(H,23,24)/t16-,18-/m1/s1. The molecule has 138 valence electrons. The highest BCUT2D eigenvalue weighted by Gasteiger charge is 2.54. The topological polar surface area (TPSA) is 49.3 Å². The maximum atomic E-state index is 13.4. The third-order valence-corrected chi connectivity index (χ3v) is 5.76. The Labute approximate surface area is 153 Å². The van der Waals surface area contributed by atoms with Gasteiger partial charge in [-0.1, -0.05) is 48.5 Å². The van der Waals surface area contributed by atoms with Gasteiger partial charge in [-0.2, -0.15) is 13.2 Å². The minimum Gasteiger partial charge on any atom is -0.376 e. The number of alkyl halides is 3. The molecule has 1 aliphatic rings. The van der Waals surface area contributed by atoms with E-state index >= 15 is 0 Å². The average Bonchev–Trinajstić information content (AvgIpc) is 3.05. The molecular formula is C19H18F3NO2S. The van der Waals surface area contributed by atoms with Gasteiger partial charge in [-0.25, -0.2) is 0 Å². The summed E-state index contributed by atoms with van der Waals surface area (Å²) in [6.45, 7) is -0.267. The molecule has 0 bridgehead atoms. The van der Waals surface area contributed by atoms with E-state index in [2.05, 4.69) is 5.32 Å². The van der Waals surface area contributed by atoms with Crippen molar-refractivity contribution in [1.29, 1.82) is 0 Å². The Kier molecular flexibility index (Phi) is 5.29. The highest BCUT2D eigenvalue weighted by molar-refractivity contribution is 8.01. The number of carbonyl (C=O) groups excluding carboxylic acids is 1. The molecule has 0 saturated carbocycles. The molecule has 2 aromatic rings. The van der Waals surface area contributed by atoms with Gasteiger partial charge in [0.25, 0.3) is 0 Å². The Morgan fingerprint density at radius 2 is 1.77 bits per heavy atom. The van der Waals surface area contributed by atoms with Crippen LogP contribution in [0.3, 0.4) is 0 Å². The zero-order chi connectivity index (χ0) is 18.8. The number of thioether (sulfide) groups is 1. The number of nitrogens with one attached hydrogen (secondary N) is 1. The predicted octanol–water partition coefficient (Wildman–Crippen LogP) is 3.66. The molecule has 0 radical (unpaired) electrons. The lowest BCUT2D eigenvalue weighted by atomic mass is 9.89. The fourth-order valence-electron chi connectivity index (χ4n) is 2.97. The van der Waals surface area contributed by atoms with Crippen LogP contribution in [0, 0.1) is 0 Å². The van der Waals surface area contributed by atoms with Gasteiger partial charge < -0.3 is 10.4 Å². The summed E-state index contributed by atoms with van der Waals surface area (Å²) >= 11 is 1.41. The average molecular weight is 381 g/mol. The van der Waals surface area contributed by atoms with Crippen molar-refractivity contribution in [3.63, 3.8) is 0 Å². The summed E-state index contributed by atoms with van der Waals surface area (Å²) in [6.07, 6.45) is -4.93. The quantitative estimate of drug-likeness (QED) is 0.831. The summed E-state index contributed by atoms with van der Waals surface area (Å²) in [5, 5.41) is 12.4. The number of hydrogen-bond acceptors (Lipinski definition) is 3. The molecule has 0 aromatic heterocycles. The number of amides is 1. The SMILES string of the molecule is O=C(NCC[C@@](O)(c1ccccc1)C(F)(F)F)[C@H]1Cc2ccccc2S1. The molecule has 3 rings (SSSR count). The molecule has 1 amide bonds. The molecular weight excluding hydrogens is 363 g/mol. The largest absolute Gasteiger partial charge is 0.421 e. The van der Waals surface area contributed by atoms with Gasteiger partial charge in [0.1, 0.15) is 0 Å². The summed E-state index contributed by atoms with van der Waals surface area (Å²) in [6, 6.07) is 14.6. The highest BCUT2D eigenvalue weighted by atomic mass is 32.2. The molecule has 0 saturated heterocycles. The van der Waals surface area contributed by atoms with E-state index in [-0.39, 0.29) is 23.3 Å². The normalized spacial score (nSPS) is 18.8. The molecule has 1 aliphatic heterocycles. The zero-order valence-electron chi connectivity index (χ0n) is 13.8. The number of aliphatic hydroxyl groups is 1. The molecule has 0 unspecified atom stereocenters. The molecule has 0 fully saturated rings. The van der Waals surface area contributed by atoms with Crippen LogP contribution in [0.1, 0.15) is 17.5 Å². The van der Waals surface area contributed by atoms with Gasteiger partial charge in [0.05, 0.1) is 5.25 Å². The fraction of sp³-hybridized carbons (Fsp3) is 0.316. The number of benzene rings is 2. The minimum atomic E-state index is -4.84. The molecule has 7 heteroatoms. The second-order valence-electron chi connectivity index (χ2n) is 6.18. The Morgan fingerprint density at radius 3 is 2.42 bits per heavy atom. The summed E-state index contributed by atoms with van der Waals surface area (Å²) in [4.78, 5) is 13.3. The number of carbonyl (C=O) groups is 1. The Morgan fingerprint density at radius 1 is 1.12 bits per heavy atom. The van der Waals surface area contributed by atoms with E-state index in [0.717, 1.165) is 10.5 Å². The van der Waals surface area contributed by atoms with E-state index in [1.807, 2.05) is 24.3 Å². The van der Waals surface area contributed by atoms with Crippen LogP contribution in [0.2, 0.25) is 0 Å². The zero-order valence-corrected chi connectivity index (χ0v) is 14.6. The van der Waals surface area contributed by atoms with Gasteiger partial charge >= 0.3 is 6.18 Å². The van der Waals surface area contributed by atoms with E-state index in [4.69, 9.17) is 0 Å². The molecule has 2 N–H and O–H groups in total. The lowest BCUT2D eigenvalue weighted by Gasteiger charge is -2.31. The van der Waals surface area contributed by atoms with Crippen molar-refractivity contribution in [2.24, 2.45) is 0 Å². The van der Waals surface area contributed by atoms with Crippen LogP contribution < -0.4 is 5.32 Å². The number of fused-ring (bicyclic) bond motifs is 1. The van der Waals surface area contributed by atoms with E-state index in [1.54, 1.807) is 6.07 Å². The van der Waals surface area contributed by atoms with E-state index in [1.165, 1.54) is 36.0 Å². The monoisotopic (exact) mass is 381 g/mol. The Bertz CT molecular complexity index is 757. The third kappa shape index (κ3) is 3.73. The lowest BCUT2D eigenvalue weighted by molar-refractivity contribution is -0.268. The third-order valence-electron chi connectivity index (χ3n) is 4.45. The van der Waals surface area contributed by atoms with Crippen LogP contribution in [-0.4, -0.2) is 29.0 Å². The second-order valence-corrected chi connectivity index (χ2v) is 7.43. The van der Waals surface area contributed by atoms with Crippen molar-refractivity contribution in [2.45, 2.75) is 34.8 Å². The first kappa shape index (κ1) is 18.8. The Hall–Kier alpha value is -1.99. The van der Waals surface area contributed by atoms with Crippen LogP contribution in [0.15, 0.2) is 59.5 Å².